The minimum Gasteiger partial charge on any atom is -0.341 e. The number of aromatic nitrogens is 3. The van der Waals surface area contributed by atoms with E-state index in [4.69, 9.17) is 0 Å². The number of fused-ring (bicyclic) bond motifs is 3. The average molecular weight is 253 g/mol. The fourth-order valence-corrected chi connectivity index (χ4v) is 2.33. The quantitative estimate of drug-likeness (QED) is 0.737. The third kappa shape index (κ3) is 1.99. The Bertz CT molecular complexity index is 738. The molecule has 1 N–H and O–H groups in total. The second-order valence-corrected chi connectivity index (χ2v) is 5.73. The first-order valence-corrected chi connectivity index (χ1v) is 6.84. The SMILES string of the molecule is CC(C)c1ccc2c(c1)ncc1nc(C(C)C)[nH]c12. The van der Waals surface area contributed by atoms with Crippen molar-refractivity contribution < 1.29 is 0 Å². The maximum absolute atomic E-state index is 4.60. The molecule has 3 aromatic rings. The van der Waals surface area contributed by atoms with Crippen LogP contribution in [0, 0.1) is 0 Å². The number of nitrogens with one attached hydrogen (secondary N) is 1. The van der Waals surface area contributed by atoms with E-state index in [9.17, 15) is 0 Å². The number of imidazole rings is 1. The molecule has 0 aliphatic carbocycles. The van der Waals surface area contributed by atoms with Gasteiger partial charge in [0.1, 0.15) is 11.3 Å². The summed E-state index contributed by atoms with van der Waals surface area (Å²) in [6.07, 6.45) is 1.87. The second kappa shape index (κ2) is 4.34. The van der Waals surface area contributed by atoms with Gasteiger partial charge in [-0.15, -0.1) is 0 Å². The van der Waals surface area contributed by atoms with Gasteiger partial charge in [-0.2, -0.15) is 0 Å². The van der Waals surface area contributed by atoms with Crippen molar-refractivity contribution in [3.63, 3.8) is 0 Å². The van der Waals surface area contributed by atoms with E-state index in [1.54, 1.807) is 0 Å². The lowest BCUT2D eigenvalue weighted by Crippen LogP contribution is -1.89. The molecule has 3 nitrogen and oxygen atoms in total. The van der Waals surface area contributed by atoms with E-state index in [1.165, 1.54) is 5.56 Å². The normalized spacial score (nSPS) is 12.1. The van der Waals surface area contributed by atoms with Crippen LogP contribution >= 0.6 is 0 Å². The Labute approximate surface area is 113 Å². The summed E-state index contributed by atoms with van der Waals surface area (Å²) in [5, 5.41) is 1.15. The van der Waals surface area contributed by atoms with Crippen molar-refractivity contribution >= 4 is 21.9 Å². The zero-order valence-electron chi connectivity index (χ0n) is 11.9. The van der Waals surface area contributed by atoms with Gasteiger partial charge in [0.2, 0.25) is 0 Å². The third-order valence-electron chi connectivity index (χ3n) is 3.58. The molecule has 3 heteroatoms. The third-order valence-corrected chi connectivity index (χ3v) is 3.58. The first-order chi connectivity index (χ1) is 9.06. The summed E-state index contributed by atoms with van der Waals surface area (Å²) in [5.74, 6) is 1.95. The molecule has 98 valence electrons. The van der Waals surface area contributed by atoms with E-state index in [0.29, 0.717) is 11.8 Å². The predicted octanol–water partition coefficient (Wildman–Crippen LogP) is 4.36. The molecule has 0 aliphatic heterocycles. The first kappa shape index (κ1) is 12.2. The Balaban J connectivity index is 2.28. The van der Waals surface area contributed by atoms with Gasteiger partial charge in [-0.05, 0) is 17.5 Å². The molecule has 0 atom stereocenters. The van der Waals surface area contributed by atoms with Crippen LogP contribution in [0.15, 0.2) is 24.4 Å². The van der Waals surface area contributed by atoms with Crippen LogP contribution in [0.3, 0.4) is 0 Å². The van der Waals surface area contributed by atoms with Gasteiger partial charge in [-0.3, -0.25) is 4.98 Å². The monoisotopic (exact) mass is 253 g/mol. The summed E-state index contributed by atoms with van der Waals surface area (Å²) >= 11 is 0. The van der Waals surface area contributed by atoms with Gasteiger partial charge in [-0.1, -0.05) is 39.8 Å². The Morgan fingerprint density at radius 2 is 1.79 bits per heavy atom. The van der Waals surface area contributed by atoms with Crippen molar-refractivity contribution in [3.05, 3.63) is 35.8 Å². The largest absolute Gasteiger partial charge is 0.341 e. The molecular weight excluding hydrogens is 234 g/mol. The molecule has 0 bridgehead atoms. The molecule has 0 saturated heterocycles. The Morgan fingerprint density at radius 1 is 1.00 bits per heavy atom. The van der Waals surface area contributed by atoms with Crippen LogP contribution in [-0.2, 0) is 0 Å². The van der Waals surface area contributed by atoms with E-state index in [2.05, 4.69) is 60.8 Å². The standard InChI is InChI=1S/C16H19N3/c1-9(2)11-5-6-12-13(7-11)17-8-14-15(12)19-16(18-14)10(3)4/h5-10H,1-4H3,(H,18,19). The lowest BCUT2D eigenvalue weighted by atomic mass is 10.0. The van der Waals surface area contributed by atoms with Gasteiger partial charge in [0.25, 0.3) is 0 Å². The molecule has 19 heavy (non-hydrogen) atoms. The highest BCUT2D eigenvalue weighted by Gasteiger charge is 2.10. The lowest BCUT2D eigenvalue weighted by Gasteiger charge is -2.06. The van der Waals surface area contributed by atoms with Gasteiger partial charge in [0.05, 0.1) is 17.2 Å². The van der Waals surface area contributed by atoms with Crippen molar-refractivity contribution in [2.75, 3.05) is 0 Å². The number of pyridine rings is 1. The molecule has 0 radical (unpaired) electrons. The smallest absolute Gasteiger partial charge is 0.109 e. The molecule has 0 amide bonds. The molecule has 0 unspecified atom stereocenters. The van der Waals surface area contributed by atoms with Crippen molar-refractivity contribution in [2.45, 2.75) is 39.5 Å². The number of H-pyrrole nitrogens is 1. The van der Waals surface area contributed by atoms with E-state index in [0.717, 1.165) is 27.8 Å². The van der Waals surface area contributed by atoms with Crippen molar-refractivity contribution in [3.8, 4) is 0 Å². The van der Waals surface area contributed by atoms with Crippen LogP contribution in [0.5, 0.6) is 0 Å². The molecule has 1 aromatic carbocycles. The van der Waals surface area contributed by atoms with E-state index >= 15 is 0 Å². The van der Waals surface area contributed by atoms with Crippen molar-refractivity contribution in [2.24, 2.45) is 0 Å². The number of nitrogens with zero attached hydrogens (tertiary/aromatic N) is 2. The molecule has 2 heterocycles. The van der Waals surface area contributed by atoms with Gasteiger partial charge in [0, 0.05) is 11.3 Å². The number of hydrogen-bond acceptors (Lipinski definition) is 2. The molecule has 3 rings (SSSR count). The Hall–Kier alpha value is -1.90. The summed E-state index contributed by atoms with van der Waals surface area (Å²) in [6.45, 7) is 8.69. The highest BCUT2D eigenvalue weighted by atomic mass is 14.9. The second-order valence-electron chi connectivity index (χ2n) is 5.73. The molecule has 0 saturated carbocycles. The zero-order chi connectivity index (χ0) is 13.6. The van der Waals surface area contributed by atoms with Crippen molar-refractivity contribution in [1.82, 2.24) is 15.0 Å². The molecular formula is C16H19N3. The number of benzene rings is 1. The fourth-order valence-electron chi connectivity index (χ4n) is 2.33. The summed E-state index contributed by atoms with van der Waals surface area (Å²) in [6, 6.07) is 6.52. The van der Waals surface area contributed by atoms with E-state index in [1.807, 2.05) is 6.20 Å². The van der Waals surface area contributed by atoms with Crippen LogP contribution in [0.4, 0.5) is 0 Å². The summed E-state index contributed by atoms with van der Waals surface area (Å²) in [5.41, 5.74) is 4.41. The molecule has 0 aliphatic rings. The average Bonchev–Trinajstić information content (AvgIpc) is 2.82. The number of hydrogen-bond donors (Lipinski definition) is 1. The van der Waals surface area contributed by atoms with Gasteiger partial charge < -0.3 is 4.98 Å². The summed E-state index contributed by atoms with van der Waals surface area (Å²) in [4.78, 5) is 12.6. The zero-order valence-corrected chi connectivity index (χ0v) is 11.9. The van der Waals surface area contributed by atoms with E-state index in [-0.39, 0.29) is 0 Å². The van der Waals surface area contributed by atoms with E-state index < -0.39 is 0 Å². The highest BCUT2D eigenvalue weighted by Crippen LogP contribution is 2.26. The molecule has 0 spiro atoms. The van der Waals surface area contributed by atoms with Gasteiger partial charge >= 0.3 is 0 Å². The van der Waals surface area contributed by atoms with Gasteiger partial charge in [0.15, 0.2) is 0 Å². The predicted molar refractivity (Wildman–Crippen MR) is 79.6 cm³/mol. The lowest BCUT2D eigenvalue weighted by molar-refractivity contribution is 0.799. The maximum atomic E-state index is 4.60. The highest BCUT2D eigenvalue weighted by molar-refractivity contribution is 6.01. The van der Waals surface area contributed by atoms with Gasteiger partial charge in [-0.25, -0.2) is 4.98 Å². The minimum atomic E-state index is 0.400. The van der Waals surface area contributed by atoms with Crippen LogP contribution in [0.2, 0.25) is 0 Å². The van der Waals surface area contributed by atoms with Crippen LogP contribution in [-0.4, -0.2) is 15.0 Å². The summed E-state index contributed by atoms with van der Waals surface area (Å²) < 4.78 is 0. The van der Waals surface area contributed by atoms with Crippen LogP contribution < -0.4 is 0 Å². The number of aromatic amines is 1. The molecule has 0 fully saturated rings. The van der Waals surface area contributed by atoms with Crippen molar-refractivity contribution in [1.29, 1.82) is 0 Å². The fraction of sp³-hybridized carbons (Fsp3) is 0.375. The molecule has 2 aromatic heterocycles. The summed E-state index contributed by atoms with van der Waals surface area (Å²) in [7, 11) is 0. The number of rotatable bonds is 2. The van der Waals surface area contributed by atoms with Crippen LogP contribution in [0.25, 0.3) is 21.9 Å². The maximum Gasteiger partial charge on any atom is 0.109 e. The van der Waals surface area contributed by atoms with Crippen LogP contribution in [0.1, 0.15) is 50.9 Å². The Kier molecular flexibility index (Phi) is 2.77. The Morgan fingerprint density at radius 3 is 2.47 bits per heavy atom. The first-order valence-electron chi connectivity index (χ1n) is 6.84. The minimum absolute atomic E-state index is 0.400. The topological polar surface area (TPSA) is 41.6 Å².